The predicted molar refractivity (Wildman–Crippen MR) is 179 cm³/mol. The number of H-pyrrole nitrogens is 2. The third kappa shape index (κ3) is 6.26. The number of ether oxygens (including phenoxy) is 1. The van der Waals surface area contributed by atoms with Crippen molar-refractivity contribution in [2.24, 2.45) is 5.41 Å². The highest BCUT2D eigenvalue weighted by atomic mass is 32.2. The number of hydrogen-bond acceptors (Lipinski definition) is 5. The molecule has 3 heterocycles. The molecule has 47 heavy (non-hydrogen) atoms. The van der Waals surface area contributed by atoms with Crippen LogP contribution in [0.3, 0.4) is 0 Å². The molecule has 1 unspecified atom stereocenters. The van der Waals surface area contributed by atoms with Crippen molar-refractivity contribution >= 4 is 27.0 Å². The number of sulfone groups is 1. The number of rotatable bonds is 3. The lowest BCUT2D eigenvalue weighted by molar-refractivity contribution is -0.104. The molecule has 0 spiro atoms. The zero-order valence-corrected chi connectivity index (χ0v) is 27.6. The molecule has 244 valence electrons. The second-order valence-electron chi connectivity index (χ2n) is 13.1. The van der Waals surface area contributed by atoms with Crippen LogP contribution in [0.1, 0.15) is 69.3 Å². The Hall–Kier alpha value is -4.57. The van der Waals surface area contributed by atoms with Crippen molar-refractivity contribution in [1.29, 1.82) is 0 Å². The standard InChI is InChI=1S/C37H37F2N3O4S/c1-5-23-8-6-9-24(16-23)37(4)14-7-13-36(2,3)19-26(21-43)47(44,45)22-29-27-12-15-40-32(27)18-31(39)34(29)46-25-10-11-30(38)28(17-25)35-41-20-33(37)42-35/h6,8-12,15-21,40H,5,7,13-14,22H2,1-4H3,(H,41,42)/b26-19+. The maximum absolute atomic E-state index is 15.7. The van der Waals surface area contributed by atoms with E-state index in [2.05, 4.69) is 47.0 Å². The summed E-state index contributed by atoms with van der Waals surface area (Å²) in [5.74, 6) is -2.02. The molecule has 0 saturated heterocycles. The smallest absolute Gasteiger partial charge is 0.185 e. The molecule has 10 heteroatoms. The summed E-state index contributed by atoms with van der Waals surface area (Å²) in [4.78, 5) is 22.8. The van der Waals surface area contributed by atoms with Gasteiger partial charge in [0.1, 0.15) is 22.3 Å². The van der Waals surface area contributed by atoms with Gasteiger partial charge < -0.3 is 14.7 Å². The molecule has 6 rings (SSSR count). The molecule has 0 fully saturated rings. The Morgan fingerprint density at radius 2 is 1.83 bits per heavy atom. The van der Waals surface area contributed by atoms with Crippen molar-refractivity contribution < 1.29 is 26.7 Å². The van der Waals surface area contributed by atoms with Gasteiger partial charge in [-0.15, -0.1) is 0 Å². The summed E-state index contributed by atoms with van der Waals surface area (Å²) in [6.07, 6.45) is 7.89. The third-order valence-electron chi connectivity index (χ3n) is 9.26. The number of aryl methyl sites for hydroxylation is 1. The average molecular weight is 658 g/mol. The van der Waals surface area contributed by atoms with Crippen LogP contribution < -0.4 is 4.74 Å². The van der Waals surface area contributed by atoms with Crippen LogP contribution in [-0.4, -0.2) is 29.7 Å². The lowest BCUT2D eigenvalue weighted by Crippen LogP contribution is -2.25. The molecule has 0 amide bonds. The number of carbonyl (C=O) groups excluding carboxylic acids is 1. The molecular weight excluding hydrogens is 620 g/mol. The molecule has 3 aromatic carbocycles. The number of imidazole rings is 1. The van der Waals surface area contributed by atoms with Gasteiger partial charge >= 0.3 is 0 Å². The summed E-state index contributed by atoms with van der Waals surface area (Å²) >= 11 is 0. The Morgan fingerprint density at radius 1 is 1.02 bits per heavy atom. The Bertz CT molecular complexity index is 2130. The molecule has 5 aromatic rings. The van der Waals surface area contributed by atoms with E-state index >= 15 is 8.78 Å². The van der Waals surface area contributed by atoms with Crippen molar-refractivity contribution in [3.63, 3.8) is 0 Å². The van der Waals surface area contributed by atoms with E-state index in [0.29, 0.717) is 36.5 Å². The highest BCUT2D eigenvalue weighted by Gasteiger charge is 2.33. The second kappa shape index (κ2) is 12.2. The normalized spacial score (nSPS) is 20.7. The van der Waals surface area contributed by atoms with Crippen molar-refractivity contribution in [2.45, 2.75) is 64.5 Å². The van der Waals surface area contributed by atoms with Crippen molar-refractivity contribution in [1.82, 2.24) is 15.0 Å². The molecule has 7 nitrogen and oxygen atoms in total. The molecular formula is C37H37F2N3O4S. The number of carbonyl (C=O) groups is 1. The van der Waals surface area contributed by atoms with Gasteiger partial charge in [0, 0.05) is 46.0 Å². The third-order valence-corrected chi connectivity index (χ3v) is 10.9. The van der Waals surface area contributed by atoms with Crippen molar-refractivity contribution in [3.05, 3.63) is 112 Å². The number of halogens is 2. The van der Waals surface area contributed by atoms with E-state index in [1.165, 1.54) is 35.9 Å². The van der Waals surface area contributed by atoms with E-state index in [1.54, 1.807) is 18.5 Å². The van der Waals surface area contributed by atoms with Gasteiger partial charge in [-0.1, -0.05) is 57.5 Å². The molecule has 0 saturated carbocycles. The van der Waals surface area contributed by atoms with E-state index < -0.39 is 38.1 Å². The number of aromatic nitrogens is 3. The fraction of sp³-hybridized carbons (Fsp3) is 0.297. The van der Waals surface area contributed by atoms with Crippen LogP contribution in [-0.2, 0) is 32.2 Å². The van der Waals surface area contributed by atoms with Gasteiger partial charge in [-0.25, -0.2) is 22.2 Å². The largest absolute Gasteiger partial charge is 0.454 e. The van der Waals surface area contributed by atoms with Crippen molar-refractivity contribution in [2.75, 3.05) is 0 Å². The van der Waals surface area contributed by atoms with Gasteiger partial charge in [0.15, 0.2) is 27.7 Å². The van der Waals surface area contributed by atoms with E-state index in [1.807, 2.05) is 19.9 Å². The summed E-state index contributed by atoms with van der Waals surface area (Å²) in [7, 11) is -4.25. The molecule has 0 radical (unpaired) electrons. The Labute approximate surface area is 273 Å². The quantitative estimate of drug-likeness (QED) is 0.189. The summed E-state index contributed by atoms with van der Waals surface area (Å²) in [6, 6.07) is 15.1. The fourth-order valence-electron chi connectivity index (χ4n) is 6.48. The Morgan fingerprint density at radius 3 is 2.60 bits per heavy atom. The first-order chi connectivity index (χ1) is 22.3. The fourth-order valence-corrected chi connectivity index (χ4v) is 7.96. The lowest BCUT2D eigenvalue weighted by atomic mass is 9.73. The average Bonchev–Trinajstić information content (AvgIpc) is 3.72. The van der Waals surface area contributed by atoms with Crippen LogP contribution in [0.15, 0.2) is 78.0 Å². The van der Waals surface area contributed by atoms with Crippen LogP contribution in [0.5, 0.6) is 11.5 Å². The van der Waals surface area contributed by atoms with Crippen LogP contribution in [0.2, 0.25) is 0 Å². The number of benzene rings is 3. The Balaban J connectivity index is 1.56. The van der Waals surface area contributed by atoms with Gasteiger partial charge in [-0.2, -0.15) is 0 Å². The van der Waals surface area contributed by atoms with E-state index in [9.17, 15) is 13.2 Å². The van der Waals surface area contributed by atoms with Gasteiger partial charge in [0.05, 0.1) is 11.3 Å². The van der Waals surface area contributed by atoms with Crippen LogP contribution in [0.25, 0.3) is 22.3 Å². The zero-order valence-electron chi connectivity index (χ0n) is 26.8. The number of aldehydes is 1. The van der Waals surface area contributed by atoms with Crippen LogP contribution in [0, 0.1) is 17.0 Å². The van der Waals surface area contributed by atoms with E-state index in [-0.39, 0.29) is 33.4 Å². The maximum Gasteiger partial charge on any atom is 0.185 e. The first kappa shape index (κ1) is 32.4. The Kier molecular flexibility index (Phi) is 8.42. The predicted octanol–water partition coefficient (Wildman–Crippen LogP) is 8.70. The highest BCUT2D eigenvalue weighted by Crippen LogP contribution is 2.42. The number of fused-ring (bicyclic) bond motifs is 8. The van der Waals surface area contributed by atoms with Gasteiger partial charge in [-0.05, 0) is 67.0 Å². The number of aromatic amines is 2. The summed E-state index contributed by atoms with van der Waals surface area (Å²) < 4.78 is 64.8. The SMILES string of the molecule is CCc1cccc(C2(C)CCCC(C)(C)/C=C(\C=O)S(=O)(=O)Cc3c(c(F)cc4[nH]ccc34)Oc3ccc(F)c(c3)-c3ncc2[nH]3)c1. The summed E-state index contributed by atoms with van der Waals surface area (Å²) in [5.41, 5.74) is 2.31. The molecule has 2 aromatic heterocycles. The minimum absolute atomic E-state index is 0.0455. The number of allylic oxidation sites excluding steroid dienone is 2. The van der Waals surface area contributed by atoms with Crippen molar-refractivity contribution in [3.8, 4) is 22.9 Å². The lowest BCUT2D eigenvalue weighted by Gasteiger charge is -2.31. The maximum atomic E-state index is 15.7. The number of hydrogen-bond donors (Lipinski definition) is 2. The monoisotopic (exact) mass is 657 g/mol. The van der Waals surface area contributed by atoms with Gasteiger partial charge in [0.2, 0.25) is 0 Å². The summed E-state index contributed by atoms with van der Waals surface area (Å²) in [5, 5.41) is 0.424. The zero-order chi connectivity index (χ0) is 33.6. The molecule has 2 N–H and O–H groups in total. The van der Waals surface area contributed by atoms with Crippen LogP contribution >= 0.6 is 0 Å². The minimum Gasteiger partial charge on any atom is -0.454 e. The molecule has 1 atom stereocenters. The molecule has 1 aliphatic heterocycles. The highest BCUT2D eigenvalue weighted by molar-refractivity contribution is 7.95. The molecule has 0 aliphatic carbocycles. The van der Waals surface area contributed by atoms with Gasteiger partial charge in [-0.3, -0.25) is 4.79 Å². The summed E-state index contributed by atoms with van der Waals surface area (Å²) in [6.45, 7) is 7.99. The number of nitrogens with one attached hydrogen (secondary N) is 2. The second-order valence-corrected chi connectivity index (χ2v) is 15.1. The molecule has 4 bridgehead atoms. The molecule has 1 aliphatic rings. The van der Waals surface area contributed by atoms with Gasteiger partial charge in [0.25, 0.3) is 0 Å². The first-order valence-corrected chi connectivity index (χ1v) is 17.3. The first-order valence-electron chi connectivity index (χ1n) is 15.7. The topological polar surface area (TPSA) is 105 Å². The minimum atomic E-state index is -4.25. The van der Waals surface area contributed by atoms with E-state index in [4.69, 9.17) is 4.74 Å². The van der Waals surface area contributed by atoms with E-state index in [0.717, 1.165) is 17.7 Å². The number of nitrogens with zero attached hydrogens (tertiary/aromatic N) is 1. The van der Waals surface area contributed by atoms with Crippen LogP contribution in [0.4, 0.5) is 8.78 Å².